The van der Waals surface area contributed by atoms with Crippen LogP contribution >= 0.6 is 17.1 Å². The molecule has 2 saturated heterocycles. The van der Waals surface area contributed by atoms with Crippen molar-refractivity contribution < 1.29 is 18.9 Å². The predicted octanol–water partition coefficient (Wildman–Crippen LogP) is 3.20. The first-order chi connectivity index (χ1) is 14.5. The van der Waals surface area contributed by atoms with Gasteiger partial charge in [-0.05, 0) is 63.3 Å². The SMILES string of the molecule is C=C(C)[C@@H]1CC[C@]2(C)S[P@@](=S)(O[C@H]3[C@@H](O)[C@H](n4ccc(=N)[nH]c4=O)O[C@@H]3CC)O[C@H]2C1. The normalized spacial score (nSPS) is 42.5. The Morgan fingerprint density at radius 1 is 1.61 bits per heavy atom. The number of H-pyrrole nitrogens is 1. The maximum atomic E-state index is 12.3. The Balaban J connectivity index is 1.54. The van der Waals surface area contributed by atoms with E-state index in [-0.39, 0.29) is 16.3 Å². The second-order valence-electron chi connectivity index (χ2n) is 8.86. The van der Waals surface area contributed by atoms with E-state index < -0.39 is 35.9 Å². The van der Waals surface area contributed by atoms with Gasteiger partial charge < -0.3 is 18.9 Å². The van der Waals surface area contributed by atoms with Crippen molar-refractivity contribution in [2.75, 3.05) is 0 Å². The topological polar surface area (TPSA) is 110 Å². The van der Waals surface area contributed by atoms with Crippen molar-refractivity contribution in [3.05, 3.63) is 40.4 Å². The predicted molar refractivity (Wildman–Crippen MR) is 123 cm³/mol. The first-order valence-electron chi connectivity index (χ1n) is 10.6. The van der Waals surface area contributed by atoms with Gasteiger partial charge in [0.05, 0.1) is 12.2 Å². The molecule has 8 atom stereocenters. The Morgan fingerprint density at radius 2 is 2.35 bits per heavy atom. The van der Waals surface area contributed by atoms with Crippen molar-refractivity contribution in [3.63, 3.8) is 0 Å². The molecule has 31 heavy (non-hydrogen) atoms. The van der Waals surface area contributed by atoms with Crippen molar-refractivity contribution in [3.8, 4) is 0 Å². The zero-order chi connectivity index (χ0) is 22.6. The van der Waals surface area contributed by atoms with E-state index in [4.69, 9.17) is 31.0 Å². The number of hydrogen-bond acceptors (Lipinski definition) is 8. The molecule has 0 spiro atoms. The van der Waals surface area contributed by atoms with E-state index in [9.17, 15) is 9.90 Å². The summed E-state index contributed by atoms with van der Waals surface area (Å²) in [5.41, 5.74) is -2.08. The van der Waals surface area contributed by atoms with E-state index in [0.29, 0.717) is 12.3 Å². The van der Waals surface area contributed by atoms with Crippen molar-refractivity contribution in [1.82, 2.24) is 9.55 Å². The Morgan fingerprint density at radius 3 is 3.00 bits per heavy atom. The molecule has 0 bridgehead atoms. The van der Waals surface area contributed by atoms with Crippen LogP contribution in [0.5, 0.6) is 0 Å². The highest BCUT2D eigenvalue weighted by molar-refractivity contribution is 8.68. The van der Waals surface area contributed by atoms with Gasteiger partial charge in [-0.3, -0.25) is 15.0 Å². The number of fused-ring (bicyclic) bond motifs is 1. The average Bonchev–Trinajstić information content (AvgIpc) is 3.14. The number of aliphatic hydroxyl groups is 1. The van der Waals surface area contributed by atoms with Crippen molar-refractivity contribution in [2.45, 2.75) is 81.8 Å². The van der Waals surface area contributed by atoms with Crippen LogP contribution in [0, 0.1) is 11.3 Å². The minimum atomic E-state index is -2.72. The summed E-state index contributed by atoms with van der Waals surface area (Å²) in [6, 6.07) is 1.44. The van der Waals surface area contributed by atoms with Gasteiger partial charge in [-0.1, -0.05) is 30.5 Å². The molecule has 172 valence electrons. The molecule has 4 rings (SSSR count). The number of rotatable bonds is 5. The molecule has 0 unspecified atom stereocenters. The number of nitrogens with one attached hydrogen (secondary N) is 2. The van der Waals surface area contributed by atoms with Crippen molar-refractivity contribution in [2.24, 2.45) is 5.92 Å². The quantitative estimate of drug-likeness (QED) is 0.432. The van der Waals surface area contributed by atoms with Gasteiger partial charge in [-0.2, -0.15) is 0 Å². The van der Waals surface area contributed by atoms with Gasteiger partial charge in [0.1, 0.15) is 17.7 Å². The highest BCUT2D eigenvalue weighted by Gasteiger charge is 2.56. The van der Waals surface area contributed by atoms with Crippen molar-refractivity contribution in [1.29, 1.82) is 5.41 Å². The molecule has 0 radical (unpaired) electrons. The third kappa shape index (κ3) is 4.40. The van der Waals surface area contributed by atoms with Gasteiger partial charge in [-0.15, -0.1) is 0 Å². The second-order valence-corrected chi connectivity index (χ2v) is 15.4. The lowest BCUT2D eigenvalue weighted by molar-refractivity contribution is -0.0405. The molecule has 1 aromatic heterocycles. The smallest absolute Gasteiger partial charge is 0.329 e. The Bertz CT molecular complexity index is 1030. The van der Waals surface area contributed by atoms with E-state index in [2.05, 4.69) is 25.4 Å². The monoisotopic (exact) mass is 487 g/mol. The zero-order valence-electron chi connectivity index (χ0n) is 17.9. The fraction of sp³-hybridized carbons (Fsp3) is 0.700. The van der Waals surface area contributed by atoms with Gasteiger partial charge in [0.15, 0.2) is 6.23 Å². The lowest BCUT2D eigenvalue weighted by Crippen LogP contribution is -2.39. The van der Waals surface area contributed by atoms with Crippen LogP contribution in [0.25, 0.3) is 0 Å². The summed E-state index contributed by atoms with van der Waals surface area (Å²) in [7, 11) is 0. The Kier molecular flexibility index (Phi) is 6.46. The van der Waals surface area contributed by atoms with Crippen LogP contribution < -0.4 is 11.2 Å². The third-order valence-corrected chi connectivity index (χ3v) is 12.3. The number of aromatic amines is 1. The maximum Gasteiger partial charge on any atom is 0.329 e. The van der Waals surface area contributed by atoms with E-state index in [1.807, 2.05) is 6.92 Å². The fourth-order valence-electron chi connectivity index (χ4n) is 4.63. The summed E-state index contributed by atoms with van der Waals surface area (Å²) < 4.78 is 19.9. The van der Waals surface area contributed by atoms with Gasteiger partial charge in [-0.25, -0.2) is 4.79 Å². The summed E-state index contributed by atoms with van der Waals surface area (Å²) in [4.78, 5) is 14.7. The summed E-state index contributed by atoms with van der Waals surface area (Å²) in [5, 5.41) is 18.6. The molecule has 3 aliphatic rings. The Labute approximate surface area is 190 Å². The van der Waals surface area contributed by atoms with Gasteiger partial charge in [0, 0.05) is 10.9 Å². The fourth-order valence-corrected chi connectivity index (χ4v) is 12.2. The number of allylic oxidation sites excluding steroid dienone is 1. The molecule has 1 aromatic rings. The molecule has 1 saturated carbocycles. The summed E-state index contributed by atoms with van der Waals surface area (Å²) in [6.45, 7) is 10.3. The number of hydrogen-bond donors (Lipinski definition) is 3. The lowest BCUT2D eigenvalue weighted by Gasteiger charge is -2.37. The average molecular weight is 488 g/mol. The molecule has 1 aliphatic carbocycles. The van der Waals surface area contributed by atoms with Crippen LogP contribution in [0.2, 0.25) is 0 Å². The van der Waals surface area contributed by atoms with Crippen molar-refractivity contribution >= 4 is 28.9 Å². The van der Waals surface area contributed by atoms with E-state index in [0.717, 1.165) is 19.3 Å². The van der Waals surface area contributed by atoms with Gasteiger partial charge in [0.25, 0.3) is 0 Å². The van der Waals surface area contributed by atoms with Crippen LogP contribution in [0.3, 0.4) is 0 Å². The number of aliphatic hydroxyl groups excluding tert-OH is 1. The Hall–Kier alpha value is -0.740. The molecule has 3 N–H and O–H groups in total. The summed E-state index contributed by atoms with van der Waals surface area (Å²) >= 11 is 7.49. The minimum absolute atomic E-state index is 0.00376. The number of ether oxygens (including phenoxy) is 1. The lowest BCUT2D eigenvalue weighted by atomic mass is 9.77. The van der Waals surface area contributed by atoms with E-state index >= 15 is 0 Å². The highest BCUT2D eigenvalue weighted by atomic mass is 32.9. The number of aromatic nitrogens is 2. The summed E-state index contributed by atoms with van der Waals surface area (Å²) in [5.74, 6) is 0.427. The zero-order valence-corrected chi connectivity index (χ0v) is 20.5. The minimum Gasteiger partial charge on any atom is -0.386 e. The van der Waals surface area contributed by atoms with Gasteiger partial charge in [0.2, 0.25) is 5.69 Å². The highest BCUT2D eigenvalue weighted by Crippen LogP contribution is 2.76. The molecule has 0 amide bonds. The van der Waals surface area contributed by atoms with Gasteiger partial charge >= 0.3 is 5.69 Å². The number of nitrogens with zero attached hydrogens (tertiary/aromatic N) is 1. The first-order valence-corrected chi connectivity index (χ1v) is 14.6. The van der Waals surface area contributed by atoms with Crippen LogP contribution in [-0.4, -0.2) is 43.8 Å². The van der Waals surface area contributed by atoms with Crippen LogP contribution in [0.4, 0.5) is 0 Å². The summed E-state index contributed by atoms with van der Waals surface area (Å²) in [6.07, 6.45) is 1.83. The molecule has 2 aliphatic heterocycles. The van der Waals surface area contributed by atoms with Crippen LogP contribution in [-0.2, 0) is 25.6 Å². The maximum absolute atomic E-state index is 12.3. The second kappa shape index (κ2) is 8.56. The molecule has 0 aromatic carbocycles. The van der Waals surface area contributed by atoms with Crippen LogP contribution in [0.15, 0.2) is 29.2 Å². The van der Waals surface area contributed by atoms with E-state index in [1.165, 1.54) is 22.4 Å². The molecular formula is C20H30N3O5PS2. The van der Waals surface area contributed by atoms with E-state index in [1.54, 1.807) is 11.4 Å². The first kappa shape index (κ1) is 23.4. The van der Waals surface area contributed by atoms with Crippen LogP contribution in [0.1, 0.15) is 52.7 Å². The standard InChI is InChI=1S/C20H30N3O5PS2/c1-5-13-17(16(24)18(26-13)23-9-7-15(21)22-19(23)25)28-29(30)27-14-10-12(11(2)3)6-8-20(14,4)31-29/h7,9,12-14,16-18,24H,2,5-6,8,10H2,1,3-4H3,(H2,21,22,25)/t12-,13-,14+,16-,17-,18-,20+,29-/m1/s1. The molecular weight excluding hydrogens is 457 g/mol. The molecule has 3 heterocycles. The molecule has 8 nitrogen and oxygen atoms in total. The molecule has 11 heteroatoms. The molecule has 3 fully saturated rings. The third-order valence-electron chi connectivity index (χ3n) is 6.56. The largest absolute Gasteiger partial charge is 0.386 e.